The van der Waals surface area contributed by atoms with Gasteiger partial charge in [-0.2, -0.15) is 4.31 Å². The van der Waals surface area contributed by atoms with Gasteiger partial charge in [0.05, 0.1) is 18.1 Å². The first-order valence-electron chi connectivity index (χ1n) is 8.99. The Morgan fingerprint density at radius 1 is 1.23 bits per heavy atom. The van der Waals surface area contributed by atoms with Crippen LogP contribution in [0.4, 0.5) is 0 Å². The molecule has 136 valence electrons. The maximum absolute atomic E-state index is 12.7. The second-order valence-electron chi connectivity index (χ2n) is 7.66. The Morgan fingerprint density at radius 3 is 2.65 bits per heavy atom. The standard InChI is InChI=1S/C19H21N3O3S/c1-13-2-4-14(5-3-13)10-26(23,24)22-11-19(12-22)16-8-20-18(15-6-7-15)21-17(16)9-25-19/h2-5,8,15H,6-7,9-12H2,1H3. The first-order chi connectivity index (χ1) is 12.5. The van der Waals surface area contributed by atoms with Crippen molar-refractivity contribution in [1.82, 2.24) is 14.3 Å². The minimum atomic E-state index is -3.35. The van der Waals surface area contributed by atoms with E-state index in [0.29, 0.717) is 25.6 Å². The lowest BCUT2D eigenvalue weighted by Gasteiger charge is -2.46. The van der Waals surface area contributed by atoms with Gasteiger partial charge in [-0.1, -0.05) is 29.8 Å². The molecule has 0 unspecified atom stereocenters. The summed E-state index contributed by atoms with van der Waals surface area (Å²) in [7, 11) is -3.35. The molecule has 5 rings (SSSR count). The molecule has 0 N–H and O–H groups in total. The van der Waals surface area contributed by atoms with Crippen LogP contribution >= 0.6 is 0 Å². The highest BCUT2D eigenvalue weighted by Gasteiger charge is 2.54. The number of sulfonamides is 1. The second kappa shape index (κ2) is 5.58. The molecule has 1 saturated heterocycles. The van der Waals surface area contributed by atoms with Crippen molar-refractivity contribution >= 4 is 10.0 Å². The smallest absolute Gasteiger partial charge is 0.218 e. The summed E-state index contributed by atoms with van der Waals surface area (Å²) >= 11 is 0. The summed E-state index contributed by atoms with van der Waals surface area (Å²) in [5, 5.41) is 0. The van der Waals surface area contributed by atoms with E-state index in [9.17, 15) is 8.42 Å². The fourth-order valence-corrected chi connectivity index (χ4v) is 5.32. The molecule has 0 radical (unpaired) electrons. The molecular formula is C19H21N3O3S. The Bertz CT molecular complexity index is 962. The first-order valence-corrected chi connectivity index (χ1v) is 10.6. The van der Waals surface area contributed by atoms with Crippen LogP contribution in [0.2, 0.25) is 0 Å². The van der Waals surface area contributed by atoms with Crippen molar-refractivity contribution in [2.45, 2.75) is 43.6 Å². The van der Waals surface area contributed by atoms with Gasteiger partial charge in [0.1, 0.15) is 11.4 Å². The monoisotopic (exact) mass is 371 g/mol. The Labute approximate surface area is 153 Å². The zero-order valence-corrected chi connectivity index (χ0v) is 15.5. The number of ether oxygens (including phenoxy) is 1. The molecule has 1 saturated carbocycles. The number of aryl methyl sites for hydroxylation is 1. The molecule has 0 amide bonds. The number of hydrogen-bond donors (Lipinski definition) is 0. The normalized spacial score (nSPS) is 21.6. The molecule has 3 aliphatic rings. The summed E-state index contributed by atoms with van der Waals surface area (Å²) in [5.74, 6) is 1.44. The lowest BCUT2D eigenvalue weighted by Crippen LogP contribution is -2.61. The van der Waals surface area contributed by atoms with Crippen LogP contribution in [0.15, 0.2) is 30.5 Å². The predicted molar refractivity (Wildman–Crippen MR) is 95.8 cm³/mol. The number of fused-ring (bicyclic) bond motifs is 2. The van der Waals surface area contributed by atoms with Gasteiger partial charge >= 0.3 is 0 Å². The van der Waals surface area contributed by atoms with Crippen LogP contribution in [-0.2, 0) is 32.7 Å². The van der Waals surface area contributed by atoms with Crippen LogP contribution in [0.5, 0.6) is 0 Å². The van der Waals surface area contributed by atoms with E-state index in [1.165, 1.54) is 4.31 Å². The fourth-order valence-electron chi connectivity index (χ4n) is 3.71. The summed E-state index contributed by atoms with van der Waals surface area (Å²) in [4.78, 5) is 9.15. The third-order valence-corrected chi connectivity index (χ3v) is 7.27. The van der Waals surface area contributed by atoms with E-state index in [1.54, 1.807) is 0 Å². The van der Waals surface area contributed by atoms with Gasteiger partial charge in [-0.3, -0.25) is 0 Å². The maximum Gasteiger partial charge on any atom is 0.218 e. The summed E-state index contributed by atoms with van der Waals surface area (Å²) in [6, 6.07) is 7.62. The first kappa shape index (κ1) is 16.4. The molecule has 2 fully saturated rings. The van der Waals surface area contributed by atoms with Crippen LogP contribution in [0.1, 0.15) is 47.0 Å². The van der Waals surface area contributed by atoms with Crippen LogP contribution < -0.4 is 0 Å². The van der Waals surface area contributed by atoms with Gasteiger partial charge in [0.15, 0.2) is 0 Å². The van der Waals surface area contributed by atoms with E-state index < -0.39 is 15.6 Å². The average Bonchev–Trinajstić information content (AvgIpc) is 3.35. The molecule has 1 aromatic heterocycles. The van der Waals surface area contributed by atoms with Crippen LogP contribution in [0.3, 0.4) is 0 Å². The van der Waals surface area contributed by atoms with Crippen molar-refractivity contribution in [2.75, 3.05) is 13.1 Å². The van der Waals surface area contributed by atoms with Crippen molar-refractivity contribution in [1.29, 1.82) is 0 Å². The number of aromatic nitrogens is 2. The quantitative estimate of drug-likeness (QED) is 0.824. The molecule has 3 heterocycles. The number of nitrogens with zero attached hydrogens (tertiary/aromatic N) is 3. The predicted octanol–water partition coefficient (Wildman–Crippen LogP) is 2.23. The van der Waals surface area contributed by atoms with Crippen LogP contribution in [-0.4, -0.2) is 35.8 Å². The van der Waals surface area contributed by atoms with E-state index in [2.05, 4.69) is 9.97 Å². The minimum absolute atomic E-state index is 0.0212. The molecule has 26 heavy (non-hydrogen) atoms. The topological polar surface area (TPSA) is 72.4 Å². The molecule has 6 nitrogen and oxygen atoms in total. The molecule has 2 aromatic rings. The van der Waals surface area contributed by atoms with E-state index >= 15 is 0 Å². The van der Waals surface area contributed by atoms with Crippen molar-refractivity contribution in [2.24, 2.45) is 0 Å². The maximum atomic E-state index is 12.7. The van der Waals surface area contributed by atoms with Crippen molar-refractivity contribution in [3.8, 4) is 0 Å². The van der Waals surface area contributed by atoms with E-state index in [-0.39, 0.29) is 5.75 Å². The lowest BCUT2D eigenvalue weighted by molar-refractivity contribution is -0.112. The second-order valence-corrected chi connectivity index (χ2v) is 9.62. The Morgan fingerprint density at radius 2 is 1.96 bits per heavy atom. The van der Waals surface area contributed by atoms with Gasteiger partial charge in [0.25, 0.3) is 0 Å². The van der Waals surface area contributed by atoms with E-state index in [1.807, 2.05) is 37.4 Å². The highest BCUT2D eigenvalue weighted by atomic mass is 32.2. The van der Waals surface area contributed by atoms with Gasteiger partial charge in [-0.15, -0.1) is 0 Å². The van der Waals surface area contributed by atoms with Gasteiger partial charge in [-0.05, 0) is 25.3 Å². The molecular weight excluding hydrogens is 350 g/mol. The highest BCUT2D eigenvalue weighted by molar-refractivity contribution is 7.88. The Hall–Kier alpha value is -1.83. The fraction of sp³-hybridized carbons (Fsp3) is 0.474. The lowest BCUT2D eigenvalue weighted by atomic mass is 9.90. The largest absolute Gasteiger partial charge is 0.361 e. The van der Waals surface area contributed by atoms with Crippen LogP contribution in [0, 0.1) is 6.92 Å². The third-order valence-electron chi connectivity index (χ3n) is 5.53. The van der Waals surface area contributed by atoms with Gasteiger partial charge in [-0.25, -0.2) is 18.4 Å². The Kier molecular flexibility index (Phi) is 3.51. The van der Waals surface area contributed by atoms with Gasteiger partial charge in [0, 0.05) is 30.8 Å². The van der Waals surface area contributed by atoms with Crippen molar-refractivity contribution < 1.29 is 13.2 Å². The van der Waals surface area contributed by atoms with Crippen LogP contribution in [0.25, 0.3) is 0 Å². The Balaban J connectivity index is 1.32. The summed E-state index contributed by atoms with van der Waals surface area (Å²) in [5.41, 5.74) is 3.26. The van der Waals surface area contributed by atoms with Gasteiger partial charge in [0.2, 0.25) is 10.0 Å². The van der Waals surface area contributed by atoms with E-state index in [0.717, 1.165) is 41.1 Å². The highest BCUT2D eigenvalue weighted by Crippen LogP contribution is 2.45. The van der Waals surface area contributed by atoms with Crippen molar-refractivity contribution in [3.63, 3.8) is 0 Å². The number of rotatable bonds is 4. The molecule has 7 heteroatoms. The summed E-state index contributed by atoms with van der Waals surface area (Å²) < 4.78 is 32.9. The van der Waals surface area contributed by atoms with E-state index in [4.69, 9.17) is 4.74 Å². The number of hydrogen-bond acceptors (Lipinski definition) is 5. The molecule has 0 atom stereocenters. The molecule has 1 aromatic carbocycles. The zero-order valence-electron chi connectivity index (χ0n) is 14.7. The third kappa shape index (κ3) is 2.66. The molecule has 1 spiro atoms. The molecule has 2 aliphatic heterocycles. The van der Waals surface area contributed by atoms with Crippen molar-refractivity contribution in [3.05, 3.63) is 58.7 Å². The summed E-state index contributed by atoms with van der Waals surface area (Å²) in [6.45, 7) is 3.13. The molecule has 0 bridgehead atoms. The minimum Gasteiger partial charge on any atom is -0.361 e. The molecule has 1 aliphatic carbocycles. The van der Waals surface area contributed by atoms with Gasteiger partial charge < -0.3 is 4.74 Å². The summed E-state index contributed by atoms with van der Waals surface area (Å²) in [6.07, 6.45) is 4.18. The number of benzene rings is 1. The zero-order chi connectivity index (χ0) is 17.9. The average molecular weight is 371 g/mol. The SMILES string of the molecule is Cc1ccc(CS(=O)(=O)N2CC3(C2)OCc2nc(C4CC4)ncc23)cc1.